The van der Waals surface area contributed by atoms with Crippen LogP contribution in [0.3, 0.4) is 0 Å². The molecule has 184 valence electrons. The van der Waals surface area contributed by atoms with Gasteiger partial charge in [-0.2, -0.15) is 0 Å². The van der Waals surface area contributed by atoms with E-state index in [2.05, 4.69) is 5.32 Å². The molecular formula is C26H33BrFN3O3. The molecule has 34 heavy (non-hydrogen) atoms. The van der Waals surface area contributed by atoms with E-state index >= 15 is 0 Å². The Morgan fingerprint density at radius 1 is 1.06 bits per heavy atom. The maximum atomic E-state index is 14.4. The second-order valence-electron chi connectivity index (χ2n) is 10.6. The van der Waals surface area contributed by atoms with Gasteiger partial charge >= 0.3 is 0 Å². The summed E-state index contributed by atoms with van der Waals surface area (Å²) in [5.74, 6) is -1.14. The number of hydrogen-bond acceptors (Lipinski definition) is 4. The molecule has 1 aliphatic rings. The third kappa shape index (κ3) is 5.17. The molecule has 1 amide bonds. The number of aromatic hydroxyl groups is 1. The van der Waals surface area contributed by atoms with E-state index in [0.29, 0.717) is 27.8 Å². The fourth-order valence-electron chi connectivity index (χ4n) is 4.07. The van der Waals surface area contributed by atoms with Crippen LogP contribution in [0.5, 0.6) is 5.75 Å². The van der Waals surface area contributed by atoms with Crippen molar-refractivity contribution in [3.8, 4) is 5.75 Å². The molecule has 0 radical (unpaired) electrons. The van der Waals surface area contributed by atoms with Gasteiger partial charge in [0.25, 0.3) is 5.91 Å². The van der Waals surface area contributed by atoms with Crippen molar-refractivity contribution < 1.29 is 19.1 Å². The SMILES string of the molecule is Br.CNC(=O)c1cc2c(cc1F)CN(CC(=O)c1cc(C(C)(C)C)c(O)c(C(C)(C)C)c1)C2=N. The number of phenols is 1. The van der Waals surface area contributed by atoms with Gasteiger partial charge in [0.05, 0.1) is 12.1 Å². The lowest BCUT2D eigenvalue weighted by Gasteiger charge is -2.28. The highest BCUT2D eigenvalue weighted by Crippen LogP contribution is 2.40. The molecule has 0 aromatic heterocycles. The Morgan fingerprint density at radius 2 is 1.59 bits per heavy atom. The molecule has 6 nitrogen and oxygen atoms in total. The van der Waals surface area contributed by atoms with Crippen molar-refractivity contribution >= 4 is 34.5 Å². The number of ketones is 1. The number of benzene rings is 2. The number of phenolic OH excluding ortho intramolecular Hbond substituents is 1. The lowest BCUT2D eigenvalue weighted by atomic mass is 9.78. The smallest absolute Gasteiger partial charge is 0.254 e. The van der Waals surface area contributed by atoms with Crippen LogP contribution in [-0.2, 0) is 17.4 Å². The number of Topliss-reactive ketones (excluding diaryl/α,β-unsaturated/α-hetero) is 1. The zero-order valence-electron chi connectivity index (χ0n) is 20.7. The van der Waals surface area contributed by atoms with E-state index in [1.54, 1.807) is 17.0 Å². The van der Waals surface area contributed by atoms with Crippen molar-refractivity contribution in [3.05, 3.63) is 63.5 Å². The summed E-state index contributed by atoms with van der Waals surface area (Å²) in [6.45, 7) is 12.0. The third-order valence-corrected chi connectivity index (χ3v) is 5.98. The number of carbonyl (C=O) groups is 2. The molecular weight excluding hydrogens is 501 g/mol. The van der Waals surface area contributed by atoms with E-state index in [1.165, 1.54) is 19.2 Å². The monoisotopic (exact) mass is 533 g/mol. The second-order valence-corrected chi connectivity index (χ2v) is 10.6. The van der Waals surface area contributed by atoms with Gasteiger partial charge in [-0.1, -0.05) is 41.5 Å². The van der Waals surface area contributed by atoms with Gasteiger partial charge in [-0.3, -0.25) is 15.0 Å². The summed E-state index contributed by atoms with van der Waals surface area (Å²) < 4.78 is 14.4. The highest BCUT2D eigenvalue weighted by atomic mass is 79.9. The first-order valence-corrected chi connectivity index (χ1v) is 10.9. The average molecular weight is 534 g/mol. The Balaban J connectivity index is 0.00000408. The van der Waals surface area contributed by atoms with Crippen molar-refractivity contribution in [2.45, 2.75) is 58.9 Å². The Labute approximate surface area is 210 Å². The standard InChI is InChI=1S/C26H32FN3O3.BrH/c1-25(2,3)18-8-14(9-19(22(18)32)26(4,5)6)21(31)13-30-12-15-10-20(27)17(24(33)29-7)11-16(15)23(30)28;/h8-11,28,32H,12-13H2,1-7H3,(H,29,33);1H. The number of carbonyl (C=O) groups excluding carboxylic acids is 2. The molecule has 3 rings (SSSR count). The van der Waals surface area contributed by atoms with Gasteiger partial charge in [-0.15, -0.1) is 17.0 Å². The molecule has 0 saturated carbocycles. The molecule has 2 aromatic carbocycles. The zero-order chi connectivity index (χ0) is 24.9. The first-order chi connectivity index (χ1) is 15.1. The first kappa shape index (κ1) is 27.5. The predicted molar refractivity (Wildman–Crippen MR) is 137 cm³/mol. The van der Waals surface area contributed by atoms with Crippen LogP contribution in [0.1, 0.15) is 84.5 Å². The minimum absolute atomic E-state index is 0. The molecule has 2 aromatic rings. The van der Waals surface area contributed by atoms with Crippen LogP contribution < -0.4 is 5.32 Å². The molecule has 0 unspecified atom stereocenters. The van der Waals surface area contributed by atoms with Gasteiger partial charge in [-0.05, 0) is 40.7 Å². The molecule has 3 N–H and O–H groups in total. The van der Waals surface area contributed by atoms with Crippen molar-refractivity contribution in [2.24, 2.45) is 0 Å². The second kappa shape index (κ2) is 9.49. The lowest BCUT2D eigenvalue weighted by molar-refractivity contribution is 0.0952. The van der Waals surface area contributed by atoms with Crippen molar-refractivity contribution in [1.82, 2.24) is 10.2 Å². The molecule has 0 saturated heterocycles. The van der Waals surface area contributed by atoms with Gasteiger partial charge in [0.1, 0.15) is 17.4 Å². The van der Waals surface area contributed by atoms with Crippen LogP contribution in [-0.4, -0.2) is 41.1 Å². The largest absolute Gasteiger partial charge is 0.507 e. The Morgan fingerprint density at radius 3 is 2.06 bits per heavy atom. The van der Waals surface area contributed by atoms with Crippen LogP contribution in [0.4, 0.5) is 4.39 Å². The number of nitrogens with zero attached hydrogens (tertiary/aromatic N) is 1. The molecule has 0 atom stereocenters. The van der Waals surface area contributed by atoms with Crippen LogP contribution in [0, 0.1) is 11.2 Å². The van der Waals surface area contributed by atoms with Crippen LogP contribution in [0.25, 0.3) is 0 Å². The van der Waals surface area contributed by atoms with Gasteiger partial charge in [0.2, 0.25) is 0 Å². The molecule has 1 aliphatic heterocycles. The quantitative estimate of drug-likeness (QED) is 0.477. The first-order valence-electron chi connectivity index (χ1n) is 10.9. The molecule has 0 bridgehead atoms. The summed E-state index contributed by atoms with van der Waals surface area (Å²) in [5.41, 5.74) is 1.98. The normalized spacial score (nSPS) is 13.4. The molecule has 0 aliphatic carbocycles. The fourth-order valence-corrected chi connectivity index (χ4v) is 4.07. The number of nitrogens with one attached hydrogen (secondary N) is 2. The van der Waals surface area contributed by atoms with E-state index < -0.39 is 11.7 Å². The number of amidine groups is 1. The summed E-state index contributed by atoms with van der Waals surface area (Å²) in [6.07, 6.45) is 0. The third-order valence-electron chi connectivity index (χ3n) is 5.98. The number of halogens is 2. The highest BCUT2D eigenvalue weighted by Gasteiger charge is 2.31. The van der Waals surface area contributed by atoms with Gasteiger partial charge in [0, 0.05) is 35.8 Å². The zero-order valence-corrected chi connectivity index (χ0v) is 22.4. The average Bonchev–Trinajstić information content (AvgIpc) is 2.99. The van der Waals surface area contributed by atoms with Crippen LogP contribution in [0.2, 0.25) is 0 Å². The summed E-state index contributed by atoms with van der Waals surface area (Å²) in [7, 11) is 1.42. The predicted octanol–water partition coefficient (Wildman–Crippen LogP) is 5.09. The topological polar surface area (TPSA) is 93.5 Å². The number of fused-ring (bicyclic) bond motifs is 1. The minimum Gasteiger partial charge on any atom is -0.507 e. The van der Waals surface area contributed by atoms with Gasteiger partial charge in [0.15, 0.2) is 5.78 Å². The molecule has 0 fully saturated rings. The van der Waals surface area contributed by atoms with E-state index in [9.17, 15) is 19.1 Å². The van der Waals surface area contributed by atoms with E-state index in [1.807, 2.05) is 41.5 Å². The van der Waals surface area contributed by atoms with Gasteiger partial charge in [-0.25, -0.2) is 4.39 Å². The summed E-state index contributed by atoms with van der Waals surface area (Å²) in [5, 5.41) is 21.8. The maximum absolute atomic E-state index is 14.4. The molecule has 0 spiro atoms. The minimum atomic E-state index is -0.655. The van der Waals surface area contributed by atoms with E-state index in [-0.39, 0.29) is 63.8 Å². The number of hydrogen-bond donors (Lipinski definition) is 3. The Bertz CT molecular complexity index is 1130. The summed E-state index contributed by atoms with van der Waals surface area (Å²) in [6, 6.07) is 6.08. The lowest BCUT2D eigenvalue weighted by Crippen LogP contribution is -2.31. The summed E-state index contributed by atoms with van der Waals surface area (Å²) >= 11 is 0. The van der Waals surface area contributed by atoms with Crippen molar-refractivity contribution in [2.75, 3.05) is 13.6 Å². The van der Waals surface area contributed by atoms with Crippen molar-refractivity contribution in [1.29, 1.82) is 5.41 Å². The molecule has 1 heterocycles. The maximum Gasteiger partial charge on any atom is 0.254 e. The van der Waals surface area contributed by atoms with Crippen LogP contribution in [0.15, 0.2) is 24.3 Å². The van der Waals surface area contributed by atoms with Gasteiger partial charge < -0.3 is 15.3 Å². The van der Waals surface area contributed by atoms with Crippen LogP contribution >= 0.6 is 17.0 Å². The highest BCUT2D eigenvalue weighted by molar-refractivity contribution is 8.93. The molecule has 8 heteroatoms. The van der Waals surface area contributed by atoms with Crippen molar-refractivity contribution in [3.63, 3.8) is 0 Å². The van der Waals surface area contributed by atoms with E-state index in [0.717, 1.165) is 0 Å². The Kier molecular flexibility index (Phi) is 7.67. The number of rotatable bonds is 4. The number of amides is 1. The summed E-state index contributed by atoms with van der Waals surface area (Å²) in [4.78, 5) is 26.8. The Hall–Kier alpha value is -2.74. The fraction of sp³-hybridized carbons (Fsp3) is 0.423. The van der Waals surface area contributed by atoms with E-state index in [4.69, 9.17) is 5.41 Å².